The van der Waals surface area contributed by atoms with E-state index in [0.29, 0.717) is 16.3 Å². The minimum absolute atomic E-state index is 0.0800. The third kappa shape index (κ3) is 2.62. The Morgan fingerprint density at radius 1 is 1.00 bits per heavy atom. The Kier molecular flexibility index (Phi) is 4.22. The van der Waals surface area contributed by atoms with E-state index in [4.69, 9.17) is 27.9 Å². The summed E-state index contributed by atoms with van der Waals surface area (Å²) in [6, 6.07) is 10.7. The van der Waals surface area contributed by atoms with E-state index in [9.17, 15) is 14.7 Å². The van der Waals surface area contributed by atoms with E-state index < -0.39 is 17.6 Å². The maximum atomic E-state index is 12.7. The molecular weight excluding hydrogens is 353 g/mol. The molecule has 24 heavy (non-hydrogen) atoms. The second kappa shape index (κ2) is 6.19. The summed E-state index contributed by atoms with van der Waals surface area (Å²) in [4.78, 5) is 25.9. The molecule has 0 radical (unpaired) electrons. The van der Waals surface area contributed by atoms with Crippen molar-refractivity contribution >= 4 is 46.3 Å². The molecule has 1 heterocycles. The molecular formula is C17H11Cl2NO4. The molecule has 1 aliphatic rings. The number of aliphatic hydroxyl groups is 1. The van der Waals surface area contributed by atoms with E-state index in [1.807, 2.05) is 0 Å². The first-order valence-corrected chi connectivity index (χ1v) is 7.61. The van der Waals surface area contributed by atoms with Gasteiger partial charge in [0.2, 0.25) is 0 Å². The van der Waals surface area contributed by atoms with Gasteiger partial charge in [-0.25, -0.2) is 4.90 Å². The summed E-state index contributed by atoms with van der Waals surface area (Å²) in [6.45, 7) is 0. The zero-order chi connectivity index (χ0) is 17.4. The van der Waals surface area contributed by atoms with Crippen LogP contribution in [-0.2, 0) is 9.59 Å². The number of rotatable bonds is 3. The van der Waals surface area contributed by atoms with Gasteiger partial charge in [0.05, 0.1) is 23.4 Å². The van der Waals surface area contributed by atoms with Crippen LogP contribution in [0.3, 0.4) is 0 Å². The molecule has 2 aromatic rings. The second-order valence-electron chi connectivity index (χ2n) is 5.00. The summed E-state index contributed by atoms with van der Waals surface area (Å²) in [5.74, 6) is -1.66. The lowest BCUT2D eigenvalue weighted by molar-refractivity contribution is -0.121. The summed E-state index contributed by atoms with van der Waals surface area (Å²) in [5, 5.41) is 10.9. The minimum atomic E-state index is -0.814. The highest BCUT2D eigenvalue weighted by atomic mass is 35.5. The molecule has 0 saturated heterocycles. The Labute approximate surface area is 147 Å². The van der Waals surface area contributed by atoms with Gasteiger partial charge in [0, 0.05) is 5.02 Å². The van der Waals surface area contributed by atoms with E-state index in [-0.39, 0.29) is 16.3 Å². The predicted octanol–water partition coefficient (Wildman–Crippen LogP) is 3.84. The molecule has 5 nitrogen and oxygen atoms in total. The first-order chi connectivity index (χ1) is 11.4. The van der Waals surface area contributed by atoms with E-state index in [1.165, 1.54) is 25.3 Å². The van der Waals surface area contributed by atoms with E-state index in [1.54, 1.807) is 24.3 Å². The lowest BCUT2D eigenvalue weighted by Crippen LogP contribution is -2.31. The first-order valence-electron chi connectivity index (χ1n) is 6.85. The molecule has 3 rings (SSSR count). The quantitative estimate of drug-likeness (QED) is 0.841. The fraction of sp³-hybridized carbons (Fsp3) is 0.0588. The van der Waals surface area contributed by atoms with Crippen molar-refractivity contribution in [3.8, 4) is 5.75 Å². The first kappa shape index (κ1) is 16.4. The summed E-state index contributed by atoms with van der Waals surface area (Å²) in [7, 11) is 1.46. The fourth-order valence-corrected chi connectivity index (χ4v) is 2.80. The molecule has 0 aliphatic carbocycles. The van der Waals surface area contributed by atoms with Crippen LogP contribution in [0.1, 0.15) is 5.56 Å². The molecule has 0 bridgehead atoms. The van der Waals surface area contributed by atoms with Crippen LogP contribution in [-0.4, -0.2) is 24.0 Å². The van der Waals surface area contributed by atoms with Gasteiger partial charge in [0.25, 0.3) is 5.91 Å². The molecule has 0 unspecified atom stereocenters. The number of hydrogen-bond donors (Lipinski definition) is 1. The Morgan fingerprint density at radius 2 is 1.67 bits per heavy atom. The number of nitrogens with zero attached hydrogens (tertiary/aromatic N) is 1. The van der Waals surface area contributed by atoms with E-state index >= 15 is 0 Å². The standard InChI is InChI=1S/C17H11Cl2NO4/c1-24-13-7-6-11(8-12(13)19)20-16(22)14(15(21)17(20)23)9-2-4-10(18)5-3-9/h2-8,21H,1H3. The van der Waals surface area contributed by atoms with Crippen LogP contribution < -0.4 is 9.64 Å². The van der Waals surface area contributed by atoms with Crippen molar-refractivity contribution in [2.75, 3.05) is 12.0 Å². The van der Waals surface area contributed by atoms with Gasteiger partial charge in [0.15, 0.2) is 5.76 Å². The average molecular weight is 364 g/mol. The monoisotopic (exact) mass is 363 g/mol. The van der Waals surface area contributed by atoms with Gasteiger partial charge in [-0.1, -0.05) is 35.3 Å². The van der Waals surface area contributed by atoms with Crippen LogP contribution in [0.25, 0.3) is 5.57 Å². The molecule has 122 valence electrons. The molecule has 0 aromatic heterocycles. The highest BCUT2D eigenvalue weighted by Gasteiger charge is 2.40. The molecule has 0 saturated carbocycles. The zero-order valence-electron chi connectivity index (χ0n) is 12.4. The number of hydrogen-bond acceptors (Lipinski definition) is 4. The summed E-state index contributed by atoms with van der Waals surface area (Å²) < 4.78 is 5.05. The van der Waals surface area contributed by atoms with Crippen LogP contribution >= 0.6 is 23.2 Å². The van der Waals surface area contributed by atoms with Gasteiger partial charge < -0.3 is 9.84 Å². The third-order valence-electron chi connectivity index (χ3n) is 3.59. The predicted molar refractivity (Wildman–Crippen MR) is 91.5 cm³/mol. The highest BCUT2D eigenvalue weighted by Crippen LogP contribution is 2.35. The number of benzene rings is 2. The normalized spacial score (nSPS) is 14.5. The van der Waals surface area contributed by atoms with Crippen molar-refractivity contribution in [1.29, 1.82) is 0 Å². The Bertz CT molecular complexity index is 875. The number of aliphatic hydroxyl groups excluding tert-OH is 1. The zero-order valence-corrected chi connectivity index (χ0v) is 13.9. The van der Waals surface area contributed by atoms with Crippen molar-refractivity contribution in [3.05, 3.63) is 63.8 Å². The number of methoxy groups -OCH3 is 1. The van der Waals surface area contributed by atoms with Crippen LogP contribution in [0, 0.1) is 0 Å². The van der Waals surface area contributed by atoms with Gasteiger partial charge in [-0.15, -0.1) is 0 Å². The molecule has 0 atom stereocenters. The van der Waals surface area contributed by atoms with Gasteiger partial charge in [-0.05, 0) is 35.9 Å². The summed E-state index contributed by atoms with van der Waals surface area (Å²) >= 11 is 11.9. The van der Waals surface area contributed by atoms with Crippen LogP contribution in [0.2, 0.25) is 10.0 Å². The van der Waals surface area contributed by atoms with Crippen LogP contribution in [0.4, 0.5) is 5.69 Å². The summed E-state index contributed by atoms with van der Waals surface area (Å²) in [6.07, 6.45) is 0. The Hall–Kier alpha value is -2.50. The topological polar surface area (TPSA) is 66.8 Å². The van der Waals surface area contributed by atoms with E-state index in [0.717, 1.165) is 4.90 Å². The lowest BCUT2D eigenvalue weighted by Gasteiger charge is -2.15. The number of amides is 2. The largest absolute Gasteiger partial charge is 0.502 e. The number of halogens is 2. The molecule has 2 aromatic carbocycles. The maximum Gasteiger partial charge on any atom is 0.301 e. The smallest absolute Gasteiger partial charge is 0.301 e. The van der Waals surface area contributed by atoms with Crippen molar-refractivity contribution in [1.82, 2.24) is 0 Å². The van der Waals surface area contributed by atoms with E-state index in [2.05, 4.69) is 0 Å². The summed E-state index contributed by atoms with van der Waals surface area (Å²) in [5.41, 5.74) is 0.562. The van der Waals surface area contributed by atoms with Gasteiger partial charge in [-0.3, -0.25) is 9.59 Å². The fourth-order valence-electron chi connectivity index (χ4n) is 2.42. The van der Waals surface area contributed by atoms with Crippen molar-refractivity contribution in [2.24, 2.45) is 0 Å². The molecule has 0 spiro atoms. The molecule has 1 N–H and O–H groups in total. The molecule has 7 heteroatoms. The number of ether oxygens (including phenoxy) is 1. The second-order valence-corrected chi connectivity index (χ2v) is 5.84. The third-order valence-corrected chi connectivity index (χ3v) is 4.13. The number of anilines is 1. The minimum Gasteiger partial charge on any atom is -0.502 e. The Morgan fingerprint density at radius 3 is 2.25 bits per heavy atom. The number of carbonyl (C=O) groups is 2. The van der Waals surface area contributed by atoms with Gasteiger partial charge in [-0.2, -0.15) is 0 Å². The number of imide groups is 1. The number of carbonyl (C=O) groups excluding carboxylic acids is 2. The molecule has 2 amide bonds. The van der Waals surface area contributed by atoms with Crippen molar-refractivity contribution < 1.29 is 19.4 Å². The lowest BCUT2D eigenvalue weighted by atomic mass is 10.1. The van der Waals surface area contributed by atoms with Crippen molar-refractivity contribution in [2.45, 2.75) is 0 Å². The average Bonchev–Trinajstić information content (AvgIpc) is 2.78. The van der Waals surface area contributed by atoms with Gasteiger partial charge in [0.1, 0.15) is 5.75 Å². The molecule has 0 fully saturated rings. The maximum absolute atomic E-state index is 12.7. The van der Waals surface area contributed by atoms with Crippen molar-refractivity contribution in [3.63, 3.8) is 0 Å². The van der Waals surface area contributed by atoms with Crippen LogP contribution in [0.5, 0.6) is 5.75 Å². The highest BCUT2D eigenvalue weighted by molar-refractivity contribution is 6.45. The van der Waals surface area contributed by atoms with Gasteiger partial charge >= 0.3 is 5.91 Å². The van der Waals surface area contributed by atoms with Crippen LogP contribution in [0.15, 0.2) is 48.2 Å². The molecule has 1 aliphatic heterocycles. The SMILES string of the molecule is COc1ccc(N2C(=O)C(O)=C(c3ccc(Cl)cc3)C2=O)cc1Cl. The Balaban J connectivity index is 2.02.